The van der Waals surface area contributed by atoms with Crippen LogP contribution in [0.25, 0.3) is 0 Å². The Morgan fingerprint density at radius 3 is 2.94 bits per heavy atom. The number of nitrogens with zero attached hydrogens (tertiary/aromatic N) is 2. The molecule has 2 unspecified atom stereocenters. The van der Waals surface area contributed by atoms with Crippen LogP contribution in [0.2, 0.25) is 0 Å². The molecule has 0 spiro atoms. The van der Waals surface area contributed by atoms with Crippen molar-refractivity contribution < 1.29 is 12.9 Å². The molecule has 1 saturated heterocycles. The minimum atomic E-state index is -3.10. The number of hydrogen-bond acceptors (Lipinski definition) is 6. The van der Waals surface area contributed by atoms with Crippen molar-refractivity contribution in [2.75, 3.05) is 12.8 Å². The second-order valence-corrected chi connectivity index (χ2v) is 7.09. The van der Waals surface area contributed by atoms with Crippen LogP contribution in [0.5, 0.6) is 0 Å². The van der Waals surface area contributed by atoms with Crippen LogP contribution in [0.15, 0.2) is 4.52 Å². The van der Waals surface area contributed by atoms with Crippen LogP contribution in [0.1, 0.15) is 43.2 Å². The maximum atomic E-state index is 11.9. The second-order valence-electron chi connectivity index (χ2n) is 4.79. The number of sulfone groups is 1. The maximum Gasteiger partial charge on any atom is 0.228 e. The highest BCUT2D eigenvalue weighted by atomic mass is 32.2. The predicted octanol–water partition coefficient (Wildman–Crippen LogP) is 0.860. The summed E-state index contributed by atoms with van der Waals surface area (Å²) in [5.41, 5.74) is 0. The van der Waals surface area contributed by atoms with E-state index in [2.05, 4.69) is 15.5 Å². The highest BCUT2D eigenvalue weighted by Gasteiger charge is 2.34. The third kappa shape index (κ3) is 2.89. The largest absolute Gasteiger partial charge is 0.339 e. The standard InChI is InChI=1S/C11H19N3O3S/c1-8(12-2)7-10-13-11(14-17-10)9-5-3-4-6-18(9,15)16/h8-9,12H,3-7H2,1-2H3. The summed E-state index contributed by atoms with van der Waals surface area (Å²) in [7, 11) is -1.24. The van der Waals surface area contributed by atoms with E-state index in [1.807, 2.05) is 14.0 Å². The highest BCUT2D eigenvalue weighted by molar-refractivity contribution is 7.91. The van der Waals surface area contributed by atoms with Gasteiger partial charge in [0, 0.05) is 12.5 Å². The minimum absolute atomic E-state index is 0.223. The van der Waals surface area contributed by atoms with Gasteiger partial charge in [0.2, 0.25) is 5.89 Å². The van der Waals surface area contributed by atoms with Gasteiger partial charge >= 0.3 is 0 Å². The summed E-state index contributed by atoms with van der Waals surface area (Å²) in [5, 5.41) is 6.33. The first-order valence-electron chi connectivity index (χ1n) is 6.24. The average Bonchev–Trinajstić information content (AvgIpc) is 2.76. The van der Waals surface area contributed by atoms with E-state index in [1.165, 1.54) is 0 Å². The minimum Gasteiger partial charge on any atom is -0.339 e. The molecular formula is C11H19N3O3S. The third-order valence-corrected chi connectivity index (χ3v) is 5.50. The molecule has 2 heterocycles. The van der Waals surface area contributed by atoms with Gasteiger partial charge in [-0.15, -0.1) is 0 Å². The lowest BCUT2D eigenvalue weighted by atomic mass is 10.2. The zero-order valence-electron chi connectivity index (χ0n) is 10.7. The summed E-state index contributed by atoms with van der Waals surface area (Å²) in [6.45, 7) is 2.00. The molecule has 1 fully saturated rings. The highest BCUT2D eigenvalue weighted by Crippen LogP contribution is 2.31. The van der Waals surface area contributed by atoms with Crippen LogP contribution in [-0.2, 0) is 16.3 Å². The summed E-state index contributed by atoms with van der Waals surface area (Å²) >= 11 is 0. The van der Waals surface area contributed by atoms with Crippen molar-refractivity contribution in [3.8, 4) is 0 Å². The number of nitrogens with one attached hydrogen (secondary N) is 1. The average molecular weight is 273 g/mol. The lowest BCUT2D eigenvalue weighted by Gasteiger charge is -2.18. The van der Waals surface area contributed by atoms with Crippen LogP contribution >= 0.6 is 0 Å². The van der Waals surface area contributed by atoms with Crippen LogP contribution in [0.4, 0.5) is 0 Å². The quantitative estimate of drug-likeness (QED) is 0.875. The fraction of sp³-hybridized carbons (Fsp3) is 0.818. The Hall–Kier alpha value is -0.950. The van der Waals surface area contributed by atoms with Crippen molar-refractivity contribution in [1.29, 1.82) is 0 Å². The van der Waals surface area contributed by atoms with Gasteiger partial charge in [0.05, 0.1) is 5.75 Å². The van der Waals surface area contributed by atoms with Crippen molar-refractivity contribution in [1.82, 2.24) is 15.5 Å². The molecule has 1 aliphatic rings. The third-order valence-electron chi connectivity index (χ3n) is 3.32. The molecular weight excluding hydrogens is 254 g/mol. The van der Waals surface area contributed by atoms with E-state index < -0.39 is 15.1 Å². The first-order valence-corrected chi connectivity index (χ1v) is 7.96. The van der Waals surface area contributed by atoms with E-state index in [4.69, 9.17) is 4.52 Å². The van der Waals surface area contributed by atoms with Crippen molar-refractivity contribution >= 4 is 9.84 Å². The SMILES string of the molecule is CNC(C)Cc1nc(C2CCCCS2(=O)=O)no1. The molecule has 0 bridgehead atoms. The van der Waals surface area contributed by atoms with Gasteiger partial charge in [0.15, 0.2) is 15.7 Å². The first kappa shape index (κ1) is 13.5. The van der Waals surface area contributed by atoms with Crippen LogP contribution in [0, 0.1) is 0 Å². The first-order chi connectivity index (χ1) is 8.53. The second kappa shape index (κ2) is 5.36. The Labute approximate surface area is 107 Å². The number of rotatable bonds is 4. The van der Waals surface area contributed by atoms with Crippen molar-refractivity contribution in [2.24, 2.45) is 0 Å². The van der Waals surface area contributed by atoms with Crippen molar-refractivity contribution in [2.45, 2.75) is 43.9 Å². The lowest BCUT2D eigenvalue weighted by molar-refractivity contribution is 0.359. The molecule has 1 aromatic heterocycles. The van der Waals surface area contributed by atoms with E-state index in [9.17, 15) is 8.42 Å². The van der Waals surface area contributed by atoms with Gasteiger partial charge in [0.1, 0.15) is 5.25 Å². The Morgan fingerprint density at radius 1 is 1.50 bits per heavy atom. The summed E-state index contributed by atoms with van der Waals surface area (Å²) in [4.78, 5) is 4.22. The molecule has 0 saturated carbocycles. The monoisotopic (exact) mass is 273 g/mol. The van der Waals surface area contributed by atoms with E-state index in [-0.39, 0.29) is 11.8 Å². The maximum absolute atomic E-state index is 11.9. The molecule has 0 amide bonds. The fourth-order valence-corrected chi connectivity index (χ4v) is 3.92. The molecule has 18 heavy (non-hydrogen) atoms. The van der Waals surface area contributed by atoms with Gasteiger partial charge in [-0.2, -0.15) is 4.98 Å². The van der Waals surface area contributed by atoms with Crippen molar-refractivity contribution in [3.63, 3.8) is 0 Å². The molecule has 6 nitrogen and oxygen atoms in total. The van der Waals surface area contributed by atoms with Gasteiger partial charge in [-0.25, -0.2) is 8.42 Å². The Kier molecular flexibility index (Phi) is 4.01. The normalized spacial score (nSPS) is 24.9. The van der Waals surface area contributed by atoms with Crippen molar-refractivity contribution in [3.05, 3.63) is 11.7 Å². The Balaban J connectivity index is 2.14. The topological polar surface area (TPSA) is 85.1 Å². The summed E-state index contributed by atoms with van der Waals surface area (Å²) in [6, 6.07) is 0.223. The molecule has 102 valence electrons. The molecule has 1 aliphatic heterocycles. The fourth-order valence-electron chi connectivity index (χ4n) is 2.09. The molecule has 7 heteroatoms. The van der Waals surface area contributed by atoms with Crippen LogP contribution < -0.4 is 5.32 Å². The Bertz CT molecular complexity index is 497. The number of hydrogen-bond donors (Lipinski definition) is 1. The molecule has 2 rings (SSSR count). The van der Waals surface area contributed by atoms with Gasteiger partial charge < -0.3 is 9.84 Å². The molecule has 1 aromatic rings. The van der Waals surface area contributed by atoms with Gasteiger partial charge in [-0.05, 0) is 26.8 Å². The summed E-state index contributed by atoms with van der Waals surface area (Å²) in [6.07, 6.45) is 2.85. The van der Waals surface area contributed by atoms with Gasteiger partial charge in [-0.1, -0.05) is 11.6 Å². The van der Waals surface area contributed by atoms with E-state index in [0.717, 1.165) is 12.8 Å². The number of likely N-dealkylation sites (N-methyl/N-ethyl adjacent to an activating group) is 1. The predicted molar refractivity (Wildman–Crippen MR) is 66.9 cm³/mol. The van der Waals surface area contributed by atoms with E-state index >= 15 is 0 Å². The lowest BCUT2D eigenvalue weighted by Crippen LogP contribution is -2.24. The van der Waals surface area contributed by atoms with Gasteiger partial charge in [0.25, 0.3) is 0 Å². The zero-order chi connectivity index (χ0) is 13.2. The molecule has 0 aromatic carbocycles. The van der Waals surface area contributed by atoms with Gasteiger partial charge in [-0.3, -0.25) is 0 Å². The van der Waals surface area contributed by atoms with Crippen LogP contribution in [-0.4, -0.2) is 37.4 Å². The zero-order valence-corrected chi connectivity index (χ0v) is 11.5. The molecule has 2 atom stereocenters. The summed E-state index contributed by atoms with van der Waals surface area (Å²) in [5.74, 6) is 1.05. The van der Waals surface area contributed by atoms with E-state index in [0.29, 0.717) is 24.6 Å². The molecule has 1 N–H and O–H groups in total. The Morgan fingerprint density at radius 2 is 2.28 bits per heavy atom. The van der Waals surface area contributed by atoms with Crippen LogP contribution in [0.3, 0.4) is 0 Å². The van der Waals surface area contributed by atoms with E-state index in [1.54, 1.807) is 0 Å². The smallest absolute Gasteiger partial charge is 0.228 e. The number of aromatic nitrogens is 2. The summed E-state index contributed by atoms with van der Waals surface area (Å²) < 4.78 is 29.0. The molecule has 0 radical (unpaired) electrons. The molecule has 0 aliphatic carbocycles.